The third-order valence-electron chi connectivity index (χ3n) is 3.26. The van der Waals surface area contributed by atoms with Crippen LogP contribution in [-0.4, -0.2) is 19.7 Å². The van der Waals surface area contributed by atoms with Crippen molar-refractivity contribution >= 4 is 11.6 Å². The summed E-state index contributed by atoms with van der Waals surface area (Å²) in [6.45, 7) is 3.00. The number of halogens is 1. The fraction of sp³-hybridized carbons (Fsp3) is 0.462. The summed E-state index contributed by atoms with van der Waals surface area (Å²) in [5.74, 6) is 0.701. The maximum atomic E-state index is 6.24. The normalized spacial score (nSPS) is 13.9. The molecule has 0 unspecified atom stereocenters. The monoisotopic (exact) mass is 262 g/mol. The molecule has 0 radical (unpaired) electrons. The molecule has 0 bridgehead atoms. The van der Waals surface area contributed by atoms with E-state index in [0.29, 0.717) is 11.0 Å². The molecule has 0 spiro atoms. The number of aromatic nitrogens is 4. The van der Waals surface area contributed by atoms with E-state index in [1.165, 1.54) is 0 Å². The average Bonchev–Trinajstić information content (AvgIpc) is 2.97. The second kappa shape index (κ2) is 4.69. The van der Waals surface area contributed by atoms with E-state index < -0.39 is 0 Å². The standard InChI is InChI=1S/C13H15ClN4/c1-2-8-18-11(6-7-15-18)13-16-10-5-3-4-9(10)12(14)17-13/h6-7H,2-5,8H2,1H3. The molecule has 94 valence electrons. The molecule has 0 fully saturated rings. The van der Waals surface area contributed by atoms with Crippen molar-refractivity contribution in [3.05, 3.63) is 28.7 Å². The Kier molecular flexibility index (Phi) is 3.04. The predicted octanol–water partition coefficient (Wildman–Crippen LogP) is 2.89. The molecule has 0 aliphatic heterocycles. The zero-order valence-corrected chi connectivity index (χ0v) is 11.1. The molecule has 0 amide bonds. The van der Waals surface area contributed by atoms with Gasteiger partial charge in [0, 0.05) is 24.0 Å². The fourth-order valence-electron chi connectivity index (χ4n) is 2.41. The minimum absolute atomic E-state index is 0.608. The van der Waals surface area contributed by atoms with Crippen LogP contribution in [0, 0.1) is 0 Å². The number of hydrogen-bond acceptors (Lipinski definition) is 3. The molecule has 0 saturated carbocycles. The van der Waals surface area contributed by atoms with E-state index in [4.69, 9.17) is 11.6 Å². The van der Waals surface area contributed by atoms with Crippen molar-refractivity contribution in [1.82, 2.24) is 19.7 Å². The van der Waals surface area contributed by atoms with Gasteiger partial charge in [0.15, 0.2) is 5.82 Å². The van der Waals surface area contributed by atoms with Crippen LogP contribution in [0.5, 0.6) is 0 Å². The Morgan fingerprint density at radius 1 is 1.33 bits per heavy atom. The third kappa shape index (κ3) is 1.90. The van der Waals surface area contributed by atoms with Gasteiger partial charge in [-0.3, -0.25) is 4.68 Å². The minimum Gasteiger partial charge on any atom is -0.262 e. The first-order valence-corrected chi connectivity index (χ1v) is 6.75. The highest BCUT2D eigenvalue weighted by Crippen LogP contribution is 2.28. The quantitative estimate of drug-likeness (QED) is 0.799. The summed E-state index contributed by atoms with van der Waals surface area (Å²) in [6.07, 6.45) is 5.96. The molecular weight excluding hydrogens is 248 g/mol. The van der Waals surface area contributed by atoms with E-state index in [1.54, 1.807) is 6.20 Å². The van der Waals surface area contributed by atoms with E-state index in [9.17, 15) is 0 Å². The van der Waals surface area contributed by atoms with E-state index in [0.717, 1.165) is 49.2 Å². The summed E-state index contributed by atoms with van der Waals surface area (Å²) in [4.78, 5) is 9.07. The largest absolute Gasteiger partial charge is 0.262 e. The first-order valence-electron chi connectivity index (χ1n) is 6.37. The molecule has 2 aromatic rings. The zero-order chi connectivity index (χ0) is 12.5. The average molecular weight is 263 g/mol. The van der Waals surface area contributed by atoms with Crippen LogP contribution in [0.1, 0.15) is 31.0 Å². The van der Waals surface area contributed by atoms with Gasteiger partial charge in [-0.2, -0.15) is 5.10 Å². The van der Waals surface area contributed by atoms with Crippen LogP contribution in [0.2, 0.25) is 5.15 Å². The van der Waals surface area contributed by atoms with Crippen LogP contribution in [0.25, 0.3) is 11.5 Å². The predicted molar refractivity (Wildman–Crippen MR) is 70.6 cm³/mol. The minimum atomic E-state index is 0.608. The highest BCUT2D eigenvalue weighted by Gasteiger charge is 2.19. The van der Waals surface area contributed by atoms with Gasteiger partial charge >= 0.3 is 0 Å². The highest BCUT2D eigenvalue weighted by atomic mass is 35.5. The lowest BCUT2D eigenvalue weighted by molar-refractivity contribution is 0.606. The molecule has 0 aromatic carbocycles. The summed E-state index contributed by atoms with van der Waals surface area (Å²) in [6, 6.07) is 1.95. The van der Waals surface area contributed by atoms with Crippen LogP contribution in [0.15, 0.2) is 12.3 Å². The van der Waals surface area contributed by atoms with Crippen molar-refractivity contribution in [1.29, 1.82) is 0 Å². The van der Waals surface area contributed by atoms with Gasteiger partial charge in [0.2, 0.25) is 0 Å². The van der Waals surface area contributed by atoms with E-state index >= 15 is 0 Å². The molecule has 1 aliphatic rings. The molecule has 2 heterocycles. The van der Waals surface area contributed by atoms with Gasteiger partial charge in [-0.25, -0.2) is 9.97 Å². The maximum absolute atomic E-state index is 6.24. The van der Waals surface area contributed by atoms with Gasteiger partial charge in [0.25, 0.3) is 0 Å². The van der Waals surface area contributed by atoms with E-state index in [1.807, 2.05) is 10.7 Å². The number of hydrogen-bond donors (Lipinski definition) is 0. The topological polar surface area (TPSA) is 43.6 Å². The molecule has 5 heteroatoms. The van der Waals surface area contributed by atoms with Crippen molar-refractivity contribution < 1.29 is 0 Å². The molecule has 4 nitrogen and oxygen atoms in total. The van der Waals surface area contributed by atoms with Crippen molar-refractivity contribution in [2.24, 2.45) is 0 Å². The molecule has 3 rings (SSSR count). The highest BCUT2D eigenvalue weighted by molar-refractivity contribution is 6.30. The number of nitrogens with zero attached hydrogens (tertiary/aromatic N) is 4. The van der Waals surface area contributed by atoms with Gasteiger partial charge in [-0.05, 0) is 31.7 Å². The van der Waals surface area contributed by atoms with Crippen LogP contribution in [-0.2, 0) is 19.4 Å². The summed E-state index contributed by atoms with van der Waals surface area (Å²) in [7, 11) is 0. The molecule has 18 heavy (non-hydrogen) atoms. The van der Waals surface area contributed by atoms with Gasteiger partial charge < -0.3 is 0 Å². The first-order chi connectivity index (χ1) is 8.79. The van der Waals surface area contributed by atoms with Gasteiger partial charge in [-0.15, -0.1) is 0 Å². The zero-order valence-electron chi connectivity index (χ0n) is 10.4. The van der Waals surface area contributed by atoms with Gasteiger partial charge in [0.1, 0.15) is 10.8 Å². The maximum Gasteiger partial charge on any atom is 0.179 e. The third-order valence-corrected chi connectivity index (χ3v) is 3.58. The Morgan fingerprint density at radius 2 is 2.22 bits per heavy atom. The molecule has 0 N–H and O–H groups in total. The van der Waals surface area contributed by atoms with Crippen LogP contribution >= 0.6 is 11.6 Å². The molecule has 0 atom stereocenters. The molecule has 0 saturated heterocycles. The summed E-state index contributed by atoms with van der Waals surface area (Å²) >= 11 is 6.24. The summed E-state index contributed by atoms with van der Waals surface area (Å²) in [5.41, 5.74) is 3.18. The second-order valence-corrected chi connectivity index (χ2v) is 4.91. The number of aryl methyl sites for hydroxylation is 2. The van der Waals surface area contributed by atoms with E-state index in [2.05, 4.69) is 22.0 Å². The Bertz CT molecular complexity index is 576. The summed E-state index contributed by atoms with van der Waals surface area (Å²) in [5, 5.41) is 4.91. The van der Waals surface area contributed by atoms with Crippen molar-refractivity contribution in [2.45, 2.75) is 39.2 Å². The van der Waals surface area contributed by atoms with Crippen LogP contribution in [0.4, 0.5) is 0 Å². The summed E-state index contributed by atoms with van der Waals surface area (Å²) < 4.78 is 1.94. The number of rotatable bonds is 3. The van der Waals surface area contributed by atoms with Crippen molar-refractivity contribution in [3.63, 3.8) is 0 Å². The SMILES string of the molecule is CCCn1nccc1-c1nc(Cl)c2c(n1)CCC2. The van der Waals surface area contributed by atoms with Crippen molar-refractivity contribution in [3.8, 4) is 11.5 Å². The number of fused-ring (bicyclic) bond motifs is 1. The molecular formula is C13H15ClN4. The Hall–Kier alpha value is -1.42. The lowest BCUT2D eigenvalue weighted by atomic mass is 10.2. The van der Waals surface area contributed by atoms with Crippen LogP contribution in [0.3, 0.4) is 0 Å². The Balaban J connectivity index is 2.06. The molecule has 1 aliphatic carbocycles. The smallest absolute Gasteiger partial charge is 0.179 e. The first kappa shape index (κ1) is 11.7. The Labute approximate surface area is 111 Å². The second-order valence-electron chi connectivity index (χ2n) is 4.56. The van der Waals surface area contributed by atoms with Crippen molar-refractivity contribution in [2.75, 3.05) is 0 Å². The lowest BCUT2D eigenvalue weighted by Crippen LogP contribution is -2.05. The lowest BCUT2D eigenvalue weighted by Gasteiger charge is -2.07. The Morgan fingerprint density at radius 3 is 3.06 bits per heavy atom. The van der Waals surface area contributed by atoms with Gasteiger partial charge in [-0.1, -0.05) is 18.5 Å². The molecule has 2 aromatic heterocycles. The van der Waals surface area contributed by atoms with Crippen LogP contribution < -0.4 is 0 Å². The van der Waals surface area contributed by atoms with E-state index in [-0.39, 0.29) is 0 Å². The van der Waals surface area contributed by atoms with Gasteiger partial charge in [0.05, 0.1) is 0 Å². The fourth-order valence-corrected chi connectivity index (χ4v) is 2.70.